The first kappa shape index (κ1) is 28.4. The van der Waals surface area contributed by atoms with Crippen molar-refractivity contribution in [2.24, 2.45) is 5.92 Å². The Bertz CT molecular complexity index is 1160. The maximum Gasteiger partial charge on any atom is 0.573 e. The van der Waals surface area contributed by atoms with E-state index in [0.717, 1.165) is 42.6 Å². The van der Waals surface area contributed by atoms with Crippen LogP contribution in [-0.2, 0) is 20.8 Å². The van der Waals surface area contributed by atoms with Crippen LogP contribution in [0.3, 0.4) is 0 Å². The van der Waals surface area contributed by atoms with Crippen molar-refractivity contribution in [3.8, 4) is 5.75 Å². The van der Waals surface area contributed by atoms with Crippen molar-refractivity contribution in [2.75, 3.05) is 11.4 Å². The van der Waals surface area contributed by atoms with Crippen LogP contribution in [0.5, 0.6) is 5.75 Å². The Morgan fingerprint density at radius 1 is 1.06 bits per heavy atom. The van der Waals surface area contributed by atoms with Gasteiger partial charge >= 0.3 is 12.5 Å². The van der Waals surface area contributed by atoms with Crippen LogP contribution < -0.4 is 9.64 Å². The van der Waals surface area contributed by atoms with E-state index in [0.29, 0.717) is 0 Å². The van der Waals surface area contributed by atoms with Crippen molar-refractivity contribution in [3.63, 3.8) is 0 Å². The summed E-state index contributed by atoms with van der Waals surface area (Å²) in [4.78, 5) is 16.9. The van der Waals surface area contributed by atoms with Gasteiger partial charge in [0.2, 0.25) is 5.91 Å². The Hall–Kier alpha value is -2.83. The van der Waals surface area contributed by atoms with E-state index >= 15 is 0 Å². The minimum Gasteiger partial charge on any atom is -0.406 e. The molecule has 35 heavy (non-hydrogen) atoms. The van der Waals surface area contributed by atoms with Crippen molar-refractivity contribution in [3.05, 3.63) is 48.3 Å². The molecule has 1 amide bonds. The molecular weight excluding hydrogens is 502 g/mol. The fourth-order valence-electron chi connectivity index (χ4n) is 3.77. The number of carbonyl (C=O) groups is 1. The highest BCUT2D eigenvalue weighted by molar-refractivity contribution is 7.92. The fraction of sp³-hybridized carbons (Fsp3) is 0.455. The number of aromatic nitrogens is 1. The Morgan fingerprint density at radius 3 is 2.23 bits per heavy atom. The summed E-state index contributed by atoms with van der Waals surface area (Å²) in [6.45, 7) is 2.80. The minimum absolute atomic E-state index is 0. The van der Waals surface area contributed by atoms with Gasteiger partial charge in [-0.3, -0.25) is 4.79 Å². The Labute approximate surface area is 198 Å². The number of carbonyl (C=O) groups excluding carboxylic acids is 1. The van der Waals surface area contributed by atoms with Crippen molar-refractivity contribution >= 4 is 21.4 Å². The molecule has 0 saturated carbocycles. The van der Waals surface area contributed by atoms with Gasteiger partial charge in [0, 0.05) is 13.0 Å². The number of halogens is 6. The molecule has 0 N–H and O–H groups in total. The highest BCUT2D eigenvalue weighted by Gasteiger charge is 2.46. The fourth-order valence-corrected chi connectivity index (χ4v) is 5.55. The lowest BCUT2D eigenvalue weighted by Gasteiger charge is -2.39. The second-order valence-electron chi connectivity index (χ2n) is 8.26. The van der Waals surface area contributed by atoms with Gasteiger partial charge in [-0.1, -0.05) is 13.5 Å². The van der Waals surface area contributed by atoms with Crippen molar-refractivity contribution < 1.29 is 44.3 Å². The number of pyridine rings is 1. The maximum atomic E-state index is 13.3. The lowest BCUT2D eigenvalue weighted by atomic mass is 9.85. The van der Waals surface area contributed by atoms with E-state index in [1.165, 1.54) is 18.7 Å². The summed E-state index contributed by atoms with van der Waals surface area (Å²) in [6.07, 6.45) is -8.74. The molecule has 0 spiro atoms. The molecule has 1 aromatic carbocycles. The summed E-state index contributed by atoms with van der Waals surface area (Å²) in [5, 5.41) is 0. The molecule has 0 unspecified atom stereocenters. The number of anilines is 1. The summed E-state index contributed by atoms with van der Waals surface area (Å²) in [6, 6.07) is 5.87. The summed E-state index contributed by atoms with van der Waals surface area (Å²) in [5.41, 5.74) is -0.961. The molecule has 6 nitrogen and oxygen atoms in total. The molecule has 13 heteroatoms. The second-order valence-corrected chi connectivity index (χ2v) is 10.8. The number of alkyl halides is 6. The molecule has 2 aromatic rings. The molecule has 3 rings (SSSR count). The van der Waals surface area contributed by atoms with Crippen LogP contribution in [-0.4, -0.2) is 37.0 Å². The van der Waals surface area contributed by atoms with E-state index in [1.807, 2.05) is 0 Å². The predicted molar refractivity (Wildman–Crippen MR) is 115 cm³/mol. The van der Waals surface area contributed by atoms with Gasteiger partial charge in [-0.05, 0) is 56.5 Å². The van der Waals surface area contributed by atoms with Gasteiger partial charge in [0.15, 0.2) is 9.84 Å². The quantitative estimate of drug-likeness (QED) is 0.472. The molecule has 1 aromatic heterocycles. The number of nitrogens with zero attached hydrogens (tertiary/aromatic N) is 2. The number of amides is 1. The summed E-state index contributed by atoms with van der Waals surface area (Å²) in [7, 11) is -4.20. The van der Waals surface area contributed by atoms with E-state index < -0.39 is 50.4 Å². The number of piperidine rings is 1. The van der Waals surface area contributed by atoms with Crippen molar-refractivity contribution in [2.45, 2.75) is 56.3 Å². The van der Waals surface area contributed by atoms with Crippen LogP contribution in [0.25, 0.3) is 0 Å². The predicted octanol–water partition coefficient (Wildman–Crippen LogP) is 5.63. The molecule has 2 heterocycles. The van der Waals surface area contributed by atoms with Crippen LogP contribution >= 0.6 is 0 Å². The van der Waals surface area contributed by atoms with E-state index in [4.69, 9.17) is 0 Å². The molecule has 0 aliphatic carbocycles. The number of hydrogen-bond acceptors (Lipinski definition) is 5. The zero-order valence-electron chi connectivity index (χ0n) is 17.9. The average molecular weight is 526 g/mol. The summed E-state index contributed by atoms with van der Waals surface area (Å²) >= 11 is 0. The van der Waals surface area contributed by atoms with Crippen LogP contribution in [0.15, 0.2) is 47.5 Å². The van der Waals surface area contributed by atoms with Crippen LogP contribution in [0.2, 0.25) is 0 Å². The molecular formula is C22H24F6N2O4S. The largest absolute Gasteiger partial charge is 0.573 e. The highest BCUT2D eigenvalue weighted by atomic mass is 32.2. The molecule has 194 valence electrons. The number of sulfone groups is 1. The smallest absolute Gasteiger partial charge is 0.406 e. The third kappa shape index (κ3) is 6.06. The number of benzene rings is 1. The monoisotopic (exact) mass is 526 g/mol. The molecule has 1 fully saturated rings. The van der Waals surface area contributed by atoms with E-state index in [-0.39, 0.29) is 37.4 Å². The SMILES string of the molecule is C.CC(C)([C@H]1CCN(c2ccc(C(F)(F)F)nc2)C(=O)C1)S(=O)(=O)c1cccc(OC(F)(F)F)c1. The summed E-state index contributed by atoms with van der Waals surface area (Å²) in [5.74, 6) is -1.89. The molecule has 0 bridgehead atoms. The number of rotatable bonds is 5. The van der Waals surface area contributed by atoms with Crippen LogP contribution in [0.1, 0.15) is 39.8 Å². The van der Waals surface area contributed by atoms with Crippen LogP contribution in [0, 0.1) is 5.92 Å². The van der Waals surface area contributed by atoms with Gasteiger partial charge in [0.05, 0.1) is 21.5 Å². The normalized spacial score (nSPS) is 17.7. The van der Waals surface area contributed by atoms with Gasteiger partial charge in [0.25, 0.3) is 0 Å². The van der Waals surface area contributed by atoms with Crippen molar-refractivity contribution in [1.29, 1.82) is 0 Å². The molecule has 1 aliphatic rings. The third-order valence-corrected chi connectivity index (χ3v) is 8.39. The van der Waals surface area contributed by atoms with Gasteiger partial charge in [-0.2, -0.15) is 13.2 Å². The Morgan fingerprint density at radius 2 is 1.71 bits per heavy atom. The Kier molecular flexibility index (Phi) is 7.85. The zero-order valence-corrected chi connectivity index (χ0v) is 18.8. The first-order valence-electron chi connectivity index (χ1n) is 9.96. The molecule has 1 aliphatic heterocycles. The maximum absolute atomic E-state index is 13.3. The van der Waals surface area contributed by atoms with E-state index in [1.54, 1.807) is 0 Å². The lowest BCUT2D eigenvalue weighted by molar-refractivity contribution is -0.274. The second kappa shape index (κ2) is 9.67. The van der Waals surface area contributed by atoms with E-state index in [2.05, 4.69) is 9.72 Å². The Balaban J connectivity index is 0.00000432. The number of ether oxygens (including phenoxy) is 1. The van der Waals surface area contributed by atoms with E-state index in [9.17, 15) is 39.6 Å². The first-order valence-corrected chi connectivity index (χ1v) is 11.4. The third-order valence-electron chi connectivity index (χ3n) is 5.80. The van der Waals surface area contributed by atoms with Crippen LogP contribution in [0.4, 0.5) is 32.0 Å². The first-order chi connectivity index (χ1) is 15.5. The average Bonchev–Trinajstić information content (AvgIpc) is 2.72. The van der Waals surface area contributed by atoms with Gasteiger partial charge < -0.3 is 9.64 Å². The topological polar surface area (TPSA) is 76.6 Å². The van der Waals surface area contributed by atoms with Gasteiger partial charge in [-0.25, -0.2) is 13.4 Å². The lowest BCUT2D eigenvalue weighted by Crippen LogP contribution is -2.48. The molecule has 1 atom stereocenters. The molecule has 0 radical (unpaired) electrons. The minimum atomic E-state index is -5.00. The van der Waals surface area contributed by atoms with Gasteiger partial charge in [0.1, 0.15) is 11.4 Å². The summed E-state index contributed by atoms with van der Waals surface area (Å²) < 4.78 is 105. The number of hydrogen-bond donors (Lipinski definition) is 0. The van der Waals surface area contributed by atoms with Gasteiger partial charge in [-0.15, -0.1) is 13.2 Å². The molecule has 1 saturated heterocycles. The zero-order chi connectivity index (χ0) is 25.5. The standard InChI is InChI=1S/C21H20F6N2O4S.CH4/c1-19(2,34(31,32)16-5-3-4-15(11-16)33-21(25,26)27)13-8-9-29(18(30)10-13)14-6-7-17(28-12-14)20(22,23)24;/h3-7,11-13H,8-10H2,1-2H3;1H4/t13-;/m0./s1. The van der Waals surface area contributed by atoms with Crippen molar-refractivity contribution in [1.82, 2.24) is 4.98 Å². The highest BCUT2D eigenvalue weighted by Crippen LogP contribution is 2.40.